The highest BCUT2D eigenvalue weighted by molar-refractivity contribution is 5.87. The Morgan fingerprint density at radius 3 is 2.77 bits per heavy atom. The highest BCUT2D eigenvalue weighted by Crippen LogP contribution is 2.33. The summed E-state index contributed by atoms with van der Waals surface area (Å²) >= 11 is 0. The summed E-state index contributed by atoms with van der Waals surface area (Å²) in [5.41, 5.74) is 2.32. The first kappa shape index (κ1) is 17.0. The van der Waals surface area contributed by atoms with E-state index < -0.39 is 28.0 Å². The fourth-order valence-corrected chi connectivity index (χ4v) is 2.28. The number of carbonyl (C=O) groups excluding carboxylic acids is 1. The van der Waals surface area contributed by atoms with E-state index in [-0.39, 0.29) is 18.8 Å². The summed E-state index contributed by atoms with van der Waals surface area (Å²) in [6.07, 6.45) is 1.06. The maximum Gasteiger partial charge on any atom is 0.311 e. The molecule has 10 nitrogen and oxygen atoms in total. The van der Waals surface area contributed by atoms with Gasteiger partial charge in [0.25, 0.3) is 0 Å². The van der Waals surface area contributed by atoms with Crippen molar-refractivity contribution in [2.45, 2.75) is 6.42 Å². The molecular formula is C16H13N3O7. The third kappa shape index (κ3) is 3.64. The average Bonchev–Trinajstić information content (AvgIpc) is 3.04. The predicted octanol–water partition coefficient (Wildman–Crippen LogP) is 1.43. The van der Waals surface area contributed by atoms with E-state index in [1.807, 2.05) is 0 Å². The number of benzene rings is 2. The number of nitro groups is 1. The van der Waals surface area contributed by atoms with Gasteiger partial charge in [0.1, 0.15) is 5.75 Å². The SMILES string of the molecule is O=C(Cc1ccc2c(c1)OCO2)N/N=C\c1cc([N+](=O)[O-])c(O)cc1O. The van der Waals surface area contributed by atoms with E-state index in [0.29, 0.717) is 17.1 Å². The second kappa shape index (κ2) is 6.97. The van der Waals surface area contributed by atoms with Crippen LogP contribution in [0.3, 0.4) is 0 Å². The number of ether oxygens (including phenoxy) is 2. The highest BCUT2D eigenvalue weighted by Gasteiger charge is 2.17. The van der Waals surface area contributed by atoms with Gasteiger partial charge in [0.05, 0.1) is 17.6 Å². The van der Waals surface area contributed by atoms with E-state index >= 15 is 0 Å². The van der Waals surface area contributed by atoms with Crippen molar-refractivity contribution in [3.05, 3.63) is 51.6 Å². The monoisotopic (exact) mass is 359 g/mol. The molecule has 0 atom stereocenters. The lowest BCUT2D eigenvalue weighted by molar-refractivity contribution is -0.385. The minimum Gasteiger partial charge on any atom is -0.507 e. The first-order chi connectivity index (χ1) is 12.4. The number of nitrogens with one attached hydrogen (secondary N) is 1. The van der Waals surface area contributed by atoms with Gasteiger partial charge in [0.2, 0.25) is 12.7 Å². The normalized spacial score (nSPS) is 12.3. The van der Waals surface area contributed by atoms with Gasteiger partial charge in [-0.1, -0.05) is 6.07 Å². The summed E-state index contributed by atoms with van der Waals surface area (Å²) < 4.78 is 10.4. The Kier molecular flexibility index (Phi) is 4.56. The second-order valence-electron chi connectivity index (χ2n) is 5.31. The van der Waals surface area contributed by atoms with Crippen molar-refractivity contribution >= 4 is 17.8 Å². The zero-order valence-electron chi connectivity index (χ0n) is 13.2. The third-order valence-electron chi connectivity index (χ3n) is 3.52. The van der Waals surface area contributed by atoms with Crippen LogP contribution in [-0.4, -0.2) is 34.1 Å². The number of fused-ring (bicyclic) bond motifs is 1. The minimum atomic E-state index is -0.801. The van der Waals surface area contributed by atoms with Crippen LogP contribution in [0.1, 0.15) is 11.1 Å². The van der Waals surface area contributed by atoms with Crippen LogP contribution in [0, 0.1) is 10.1 Å². The number of rotatable bonds is 5. The Bertz CT molecular complexity index is 911. The van der Waals surface area contributed by atoms with Crippen LogP contribution in [-0.2, 0) is 11.2 Å². The number of hydrogen-bond acceptors (Lipinski definition) is 8. The molecule has 0 unspecified atom stereocenters. The van der Waals surface area contributed by atoms with E-state index in [9.17, 15) is 25.1 Å². The zero-order chi connectivity index (χ0) is 18.7. The molecule has 0 saturated carbocycles. The van der Waals surface area contributed by atoms with Gasteiger partial charge < -0.3 is 19.7 Å². The zero-order valence-corrected chi connectivity index (χ0v) is 13.2. The molecule has 0 bridgehead atoms. The Morgan fingerprint density at radius 2 is 2.00 bits per heavy atom. The van der Waals surface area contributed by atoms with Gasteiger partial charge in [-0.2, -0.15) is 5.10 Å². The molecule has 0 spiro atoms. The van der Waals surface area contributed by atoms with Crippen LogP contribution in [0.25, 0.3) is 0 Å². The molecule has 0 saturated heterocycles. The van der Waals surface area contributed by atoms with Gasteiger partial charge in [-0.25, -0.2) is 5.43 Å². The van der Waals surface area contributed by atoms with Crippen LogP contribution in [0.4, 0.5) is 5.69 Å². The fourth-order valence-electron chi connectivity index (χ4n) is 2.28. The summed E-state index contributed by atoms with van der Waals surface area (Å²) in [5.74, 6) is -0.358. The van der Waals surface area contributed by atoms with Crippen molar-refractivity contribution in [1.29, 1.82) is 0 Å². The molecular weight excluding hydrogens is 346 g/mol. The fraction of sp³-hybridized carbons (Fsp3) is 0.125. The van der Waals surface area contributed by atoms with Crippen molar-refractivity contribution in [2.24, 2.45) is 5.10 Å². The third-order valence-corrected chi connectivity index (χ3v) is 3.52. The topological polar surface area (TPSA) is 144 Å². The maximum absolute atomic E-state index is 11.9. The van der Waals surface area contributed by atoms with Crippen LogP contribution >= 0.6 is 0 Å². The number of phenols is 2. The molecule has 1 heterocycles. The molecule has 0 radical (unpaired) electrons. The minimum absolute atomic E-state index is 0.0235. The summed E-state index contributed by atoms with van der Waals surface area (Å²) in [6.45, 7) is 0.136. The van der Waals surface area contributed by atoms with Gasteiger partial charge in [-0.3, -0.25) is 14.9 Å². The molecule has 1 aliphatic rings. The summed E-state index contributed by atoms with van der Waals surface area (Å²) in [7, 11) is 0. The Balaban J connectivity index is 1.64. The quantitative estimate of drug-likeness (QED) is 0.416. The number of carbonyl (C=O) groups is 1. The Labute approximate surface area is 146 Å². The van der Waals surface area contributed by atoms with E-state index in [2.05, 4.69) is 10.5 Å². The van der Waals surface area contributed by atoms with Gasteiger partial charge in [0.15, 0.2) is 17.2 Å². The predicted molar refractivity (Wildman–Crippen MR) is 88.4 cm³/mol. The van der Waals surface area contributed by atoms with Gasteiger partial charge in [0, 0.05) is 17.7 Å². The lowest BCUT2D eigenvalue weighted by Gasteiger charge is -2.03. The lowest BCUT2D eigenvalue weighted by atomic mass is 10.1. The number of aromatic hydroxyl groups is 2. The van der Waals surface area contributed by atoms with E-state index in [1.54, 1.807) is 18.2 Å². The molecule has 2 aromatic carbocycles. The number of nitrogens with zero attached hydrogens (tertiary/aromatic N) is 2. The highest BCUT2D eigenvalue weighted by atomic mass is 16.7. The number of nitro benzene ring substituents is 1. The van der Waals surface area contributed by atoms with Crippen molar-refractivity contribution in [2.75, 3.05) is 6.79 Å². The lowest BCUT2D eigenvalue weighted by Crippen LogP contribution is -2.19. The van der Waals surface area contributed by atoms with Gasteiger partial charge in [-0.05, 0) is 17.7 Å². The molecule has 0 fully saturated rings. The summed E-state index contributed by atoms with van der Waals surface area (Å²) in [4.78, 5) is 21.9. The van der Waals surface area contributed by atoms with Crippen molar-refractivity contribution in [1.82, 2.24) is 5.43 Å². The molecule has 1 aliphatic heterocycles. The molecule has 2 aromatic rings. The standard InChI is InChI=1S/C16H13N3O7/c20-12-6-13(21)11(19(23)24)5-10(12)7-17-18-16(22)4-9-1-2-14-15(3-9)26-8-25-14/h1-3,5-7,20-21H,4,8H2,(H,18,22)/b17-7-. The van der Waals surface area contributed by atoms with Crippen molar-refractivity contribution in [3.63, 3.8) is 0 Å². The largest absolute Gasteiger partial charge is 0.507 e. The second-order valence-corrected chi connectivity index (χ2v) is 5.31. The molecule has 3 rings (SSSR count). The van der Waals surface area contributed by atoms with E-state index in [4.69, 9.17) is 9.47 Å². The van der Waals surface area contributed by atoms with E-state index in [0.717, 1.165) is 18.3 Å². The van der Waals surface area contributed by atoms with Crippen LogP contribution in [0.2, 0.25) is 0 Å². The van der Waals surface area contributed by atoms with Gasteiger partial charge >= 0.3 is 5.69 Å². The number of amides is 1. The van der Waals surface area contributed by atoms with Gasteiger partial charge in [-0.15, -0.1) is 0 Å². The van der Waals surface area contributed by atoms with Crippen LogP contribution in [0.5, 0.6) is 23.0 Å². The summed E-state index contributed by atoms with van der Waals surface area (Å²) in [5, 5.41) is 33.5. The first-order valence-corrected chi connectivity index (χ1v) is 7.35. The van der Waals surface area contributed by atoms with Crippen LogP contribution in [0.15, 0.2) is 35.4 Å². The van der Waals surface area contributed by atoms with Crippen LogP contribution < -0.4 is 14.9 Å². The molecule has 3 N–H and O–H groups in total. The van der Waals surface area contributed by atoms with E-state index in [1.165, 1.54) is 0 Å². The maximum atomic E-state index is 11.9. The summed E-state index contributed by atoms with van der Waals surface area (Å²) in [6, 6.07) is 6.86. The molecule has 0 aliphatic carbocycles. The average molecular weight is 359 g/mol. The van der Waals surface area contributed by atoms with Crippen molar-refractivity contribution in [3.8, 4) is 23.0 Å². The number of hydrazone groups is 1. The Hall–Kier alpha value is -3.82. The molecule has 1 amide bonds. The number of phenolic OH excluding ortho intramolecular Hbond substituents is 2. The number of hydrogen-bond donors (Lipinski definition) is 3. The first-order valence-electron chi connectivity index (χ1n) is 7.35. The molecule has 134 valence electrons. The Morgan fingerprint density at radius 1 is 1.23 bits per heavy atom. The molecule has 0 aromatic heterocycles. The smallest absolute Gasteiger partial charge is 0.311 e. The van der Waals surface area contributed by atoms with Crippen molar-refractivity contribution < 1.29 is 29.4 Å². The molecule has 26 heavy (non-hydrogen) atoms. The molecule has 10 heteroatoms.